The highest BCUT2D eigenvalue weighted by Crippen LogP contribution is 2.35. The number of fused-ring (bicyclic) bond motifs is 1. The minimum absolute atomic E-state index is 0.448. The van der Waals surface area contributed by atoms with E-state index >= 15 is 0 Å². The van der Waals surface area contributed by atoms with Crippen LogP contribution in [0.2, 0.25) is 0 Å². The van der Waals surface area contributed by atoms with Crippen molar-refractivity contribution in [2.45, 2.75) is 25.8 Å². The van der Waals surface area contributed by atoms with Gasteiger partial charge in [0.25, 0.3) is 0 Å². The van der Waals surface area contributed by atoms with Gasteiger partial charge in [-0.25, -0.2) is 0 Å². The molecule has 1 aliphatic rings. The van der Waals surface area contributed by atoms with E-state index in [0.717, 1.165) is 30.9 Å². The van der Waals surface area contributed by atoms with Crippen LogP contribution in [0, 0.1) is 0 Å². The van der Waals surface area contributed by atoms with E-state index in [4.69, 9.17) is 9.47 Å². The molecule has 1 aromatic carbocycles. The molecule has 0 bridgehead atoms. The van der Waals surface area contributed by atoms with Gasteiger partial charge in [0.1, 0.15) is 0 Å². The van der Waals surface area contributed by atoms with Crippen molar-refractivity contribution < 1.29 is 9.47 Å². The maximum Gasteiger partial charge on any atom is 0.161 e. The first kappa shape index (κ1) is 11.3. The molecule has 1 heterocycles. The van der Waals surface area contributed by atoms with E-state index in [9.17, 15) is 0 Å². The Labute approximate surface area is 96.8 Å². The number of benzene rings is 1. The molecule has 0 unspecified atom stereocenters. The minimum Gasteiger partial charge on any atom is -0.493 e. The standard InChI is InChI=1S/C13H19NO2/c1-4-11-10-8-13(16-3)12(15-2)7-9(10)5-6-14-11/h7-8,11,14H,4-6H2,1-3H3/t11-/m1/s1. The third-order valence-electron chi connectivity index (χ3n) is 3.21. The van der Waals surface area contributed by atoms with Crippen LogP contribution in [0.1, 0.15) is 30.5 Å². The molecule has 0 aliphatic carbocycles. The highest BCUT2D eigenvalue weighted by molar-refractivity contribution is 5.49. The van der Waals surface area contributed by atoms with E-state index in [1.807, 2.05) is 0 Å². The molecule has 0 amide bonds. The summed E-state index contributed by atoms with van der Waals surface area (Å²) in [6.45, 7) is 3.24. The molecular formula is C13H19NO2. The first-order chi connectivity index (χ1) is 7.80. The molecule has 3 heteroatoms. The predicted octanol–water partition coefficient (Wildman–Crippen LogP) is 2.30. The van der Waals surface area contributed by atoms with Gasteiger partial charge >= 0.3 is 0 Å². The van der Waals surface area contributed by atoms with Crippen LogP contribution in [0.15, 0.2) is 12.1 Å². The summed E-state index contributed by atoms with van der Waals surface area (Å²) in [5.74, 6) is 1.65. The third kappa shape index (κ3) is 1.87. The van der Waals surface area contributed by atoms with Gasteiger partial charge < -0.3 is 14.8 Å². The molecule has 88 valence electrons. The van der Waals surface area contributed by atoms with Crippen molar-refractivity contribution in [2.24, 2.45) is 0 Å². The number of rotatable bonds is 3. The highest BCUT2D eigenvalue weighted by Gasteiger charge is 2.20. The van der Waals surface area contributed by atoms with Crippen LogP contribution in [0.25, 0.3) is 0 Å². The first-order valence-corrected chi connectivity index (χ1v) is 5.78. The SMILES string of the molecule is CC[C@H]1NCCc2cc(OC)c(OC)cc21. The number of ether oxygens (including phenoxy) is 2. The topological polar surface area (TPSA) is 30.5 Å². The van der Waals surface area contributed by atoms with Crippen molar-refractivity contribution in [1.29, 1.82) is 0 Å². The molecule has 2 rings (SSSR count). The Hall–Kier alpha value is -1.22. The summed E-state index contributed by atoms with van der Waals surface area (Å²) in [6.07, 6.45) is 2.16. The Balaban J connectivity index is 2.46. The van der Waals surface area contributed by atoms with Crippen molar-refractivity contribution in [3.8, 4) is 11.5 Å². The molecule has 0 aromatic heterocycles. The predicted molar refractivity (Wildman–Crippen MR) is 64.3 cm³/mol. The number of hydrogen-bond acceptors (Lipinski definition) is 3. The van der Waals surface area contributed by atoms with Gasteiger partial charge in [0, 0.05) is 6.04 Å². The molecule has 16 heavy (non-hydrogen) atoms. The fourth-order valence-electron chi connectivity index (χ4n) is 2.33. The van der Waals surface area contributed by atoms with E-state index in [1.54, 1.807) is 14.2 Å². The third-order valence-corrected chi connectivity index (χ3v) is 3.21. The monoisotopic (exact) mass is 221 g/mol. The van der Waals surface area contributed by atoms with Crippen molar-refractivity contribution in [1.82, 2.24) is 5.32 Å². The van der Waals surface area contributed by atoms with Gasteiger partial charge in [0.15, 0.2) is 11.5 Å². The molecule has 1 aromatic rings. The van der Waals surface area contributed by atoms with Crippen LogP contribution in [0.4, 0.5) is 0 Å². The van der Waals surface area contributed by atoms with Crippen LogP contribution >= 0.6 is 0 Å². The Kier molecular flexibility index (Phi) is 3.34. The zero-order valence-electron chi connectivity index (χ0n) is 10.2. The van der Waals surface area contributed by atoms with Crippen LogP contribution in [-0.2, 0) is 6.42 Å². The summed E-state index contributed by atoms with van der Waals surface area (Å²) in [6, 6.07) is 4.66. The summed E-state index contributed by atoms with van der Waals surface area (Å²) >= 11 is 0. The average Bonchev–Trinajstić information content (AvgIpc) is 2.36. The Morgan fingerprint density at radius 2 is 1.94 bits per heavy atom. The van der Waals surface area contributed by atoms with Gasteiger partial charge in [0.2, 0.25) is 0 Å². The fraction of sp³-hybridized carbons (Fsp3) is 0.538. The minimum atomic E-state index is 0.448. The molecule has 1 N–H and O–H groups in total. The summed E-state index contributed by atoms with van der Waals surface area (Å²) in [4.78, 5) is 0. The van der Waals surface area contributed by atoms with Crippen molar-refractivity contribution in [2.75, 3.05) is 20.8 Å². The molecular weight excluding hydrogens is 202 g/mol. The number of methoxy groups -OCH3 is 2. The fourth-order valence-corrected chi connectivity index (χ4v) is 2.33. The average molecular weight is 221 g/mol. The van der Waals surface area contributed by atoms with Crippen molar-refractivity contribution in [3.63, 3.8) is 0 Å². The number of nitrogens with one attached hydrogen (secondary N) is 1. The second-order valence-electron chi connectivity index (χ2n) is 4.07. The van der Waals surface area contributed by atoms with Crippen LogP contribution in [0.3, 0.4) is 0 Å². The highest BCUT2D eigenvalue weighted by atomic mass is 16.5. The van der Waals surface area contributed by atoms with Gasteiger partial charge in [-0.1, -0.05) is 6.92 Å². The molecule has 1 atom stereocenters. The van der Waals surface area contributed by atoms with Crippen LogP contribution in [0.5, 0.6) is 11.5 Å². The zero-order valence-corrected chi connectivity index (χ0v) is 10.2. The molecule has 1 aliphatic heterocycles. The lowest BCUT2D eigenvalue weighted by molar-refractivity contribution is 0.352. The van der Waals surface area contributed by atoms with Gasteiger partial charge in [-0.15, -0.1) is 0 Å². The lowest BCUT2D eigenvalue weighted by Crippen LogP contribution is -2.29. The summed E-state index contributed by atoms with van der Waals surface area (Å²) in [5, 5.41) is 3.52. The summed E-state index contributed by atoms with van der Waals surface area (Å²) in [7, 11) is 3.37. The second-order valence-corrected chi connectivity index (χ2v) is 4.07. The normalized spacial score (nSPS) is 19.1. The van der Waals surface area contributed by atoms with Gasteiger partial charge in [-0.05, 0) is 42.6 Å². The van der Waals surface area contributed by atoms with E-state index in [0.29, 0.717) is 6.04 Å². The largest absolute Gasteiger partial charge is 0.493 e. The lowest BCUT2D eigenvalue weighted by atomic mass is 9.92. The molecule has 0 saturated carbocycles. The summed E-state index contributed by atoms with van der Waals surface area (Å²) in [5.41, 5.74) is 2.73. The van der Waals surface area contributed by atoms with E-state index in [-0.39, 0.29) is 0 Å². The Morgan fingerprint density at radius 3 is 2.56 bits per heavy atom. The summed E-state index contributed by atoms with van der Waals surface area (Å²) < 4.78 is 10.7. The van der Waals surface area contributed by atoms with E-state index in [2.05, 4.69) is 24.4 Å². The Morgan fingerprint density at radius 1 is 1.25 bits per heavy atom. The van der Waals surface area contributed by atoms with Crippen molar-refractivity contribution >= 4 is 0 Å². The zero-order chi connectivity index (χ0) is 11.5. The van der Waals surface area contributed by atoms with E-state index in [1.165, 1.54) is 11.1 Å². The maximum absolute atomic E-state index is 5.34. The smallest absolute Gasteiger partial charge is 0.161 e. The lowest BCUT2D eigenvalue weighted by Gasteiger charge is -2.27. The Bertz CT molecular complexity index is 376. The second kappa shape index (κ2) is 4.74. The first-order valence-electron chi connectivity index (χ1n) is 5.78. The maximum atomic E-state index is 5.34. The van der Waals surface area contributed by atoms with Crippen LogP contribution < -0.4 is 14.8 Å². The van der Waals surface area contributed by atoms with Gasteiger partial charge in [-0.3, -0.25) is 0 Å². The molecule has 3 nitrogen and oxygen atoms in total. The van der Waals surface area contributed by atoms with Crippen molar-refractivity contribution in [3.05, 3.63) is 23.3 Å². The molecule has 0 saturated heterocycles. The van der Waals surface area contributed by atoms with Gasteiger partial charge in [-0.2, -0.15) is 0 Å². The number of hydrogen-bond donors (Lipinski definition) is 1. The van der Waals surface area contributed by atoms with Gasteiger partial charge in [0.05, 0.1) is 14.2 Å². The molecule has 0 spiro atoms. The van der Waals surface area contributed by atoms with E-state index < -0.39 is 0 Å². The molecule has 0 radical (unpaired) electrons. The van der Waals surface area contributed by atoms with Crippen LogP contribution in [-0.4, -0.2) is 20.8 Å². The quantitative estimate of drug-likeness (QED) is 0.849. The molecule has 0 fully saturated rings.